The number of hydrogen-bond acceptors (Lipinski definition) is 11. The van der Waals surface area contributed by atoms with Gasteiger partial charge in [0.2, 0.25) is 35.4 Å². The molecule has 0 aromatic heterocycles. The Morgan fingerprint density at radius 1 is 0.614 bits per heavy atom. The molecule has 57 heavy (non-hydrogen) atoms. The number of nitrogens with one attached hydrogen (secondary N) is 6. The van der Waals surface area contributed by atoms with E-state index in [0.29, 0.717) is 0 Å². The molecule has 0 spiro atoms. The van der Waals surface area contributed by atoms with Gasteiger partial charge in [-0.3, -0.25) is 43.2 Å². The molecule has 11 N–H and O–H groups in total. The summed E-state index contributed by atoms with van der Waals surface area (Å²) in [5, 5.41) is 40.1. The van der Waals surface area contributed by atoms with Gasteiger partial charge in [-0.05, 0) is 28.2 Å². The number of ether oxygens (including phenoxy) is 1. The van der Waals surface area contributed by atoms with Crippen molar-refractivity contribution in [3.8, 4) is 11.1 Å². The fraction of sp³-hybridized carbons (Fsp3) is 0.389. The van der Waals surface area contributed by atoms with Crippen LogP contribution in [0.3, 0.4) is 0 Å². The molecule has 4 unspecified atom stereocenters. The third kappa shape index (κ3) is 13.3. The maximum atomic E-state index is 13.4. The molecule has 0 fully saturated rings. The highest BCUT2D eigenvalue weighted by molar-refractivity contribution is 5.98. The van der Waals surface area contributed by atoms with Crippen LogP contribution in [0, 0.1) is 5.92 Å². The van der Waals surface area contributed by atoms with Crippen LogP contribution in [0.25, 0.3) is 11.1 Å². The number of carboxylic acids is 3. The molecule has 21 nitrogen and oxygen atoms in total. The first-order valence-electron chi connectivity index (χ1n) is 17.4. The van der Waals surface area contributed by atoms with E-state index in [2.05, 4.69) is 21.3 Å². The molecule has 2 aromatic carbocycles. The second-order valence-electron chi connectivity index (χ2n) is 13.1. The van der Waals surface area contributed by atoms with Gasteiger partial charge >= 0.3 is 24.0 Å². The summed E-state index contributed by atoms with van der Waals surface area (Å²) in [5.41, 5.74) is 9.00. The van der Waals surface area contributed by atoms with Crippen molar-refractivity contribution >= 4 is 59.4 Å². The molecule has 1 aliphatic rings. The van der Waals surface area contributed by atoms with Crippen molar-refractivity contribution in [1.29, 1.82) is 0 Å². The first-order chi connectivity index (χ1) is 26.9. The molecule has 0 bridgehead atoms. The molecule has 306 valence electrons. The fourth-order valence-electron chi connectivity index (χ4n) is 5.83. The van der Waals surface area contributed by atoms with Crippen molar-refractivity contribution in [3.63, 3.8) is 0 Å². The molecule has 1 aliphatic carbocycles. The Morgan fingerprint density at radius 3 is 1.60 bits per heavy atom. The van der Waals surface area contributed by atoms with Crippen LogP contribution >= 0.6 is 0 Å². The Balaban J connectivity index is 1.64. The summed E-state index contributed by atoms with van der Waals surface area (Å²) in [6.45, 7) is 1.05. The second-order valence-corrected chi connectivity index (χ2v) is 13.1. The standard InChI is InChI=1S/C36H43N7O14/c1-17(2)31(35(55)41-23(11-26(37)44)32(52)38-14-27(45)40-24(12-28(46)47)33(53)39-15-30(50)51)43-34(54)25(13-29(48)49)42-36(56)57-16-22-20-9-5-3-7-18(20)19-8-4-6-10-21(19)22/h3-10,17,22-25,31H,11-16H2,1-2H3,(H2,37,44)(H,38,52)(H,39,53)(H,40,45)(H,41,55)(H,42,56)(H,43,54)(H,46,47)(H,48,49)(H,50,51). The summed E-state index contributed by atoms with van der Waals surface area (Å²) < 4.78 is 5.44. The Morgan fingerprint density at radius 2 is 1.11 bits per heavy atom. The Hall–Kier alpha value is -7.06. The van der Waals surface area contributed by atoms with Gasteiger partial charge in [-0.15, -0.1) is 0 Å². The number of hydrogen-bond donors (Lipinski definition) is 10. The average Bonchev–Trinajstić information content (AvgIpc) is 3.45. The minimum absolute atomic E-state index is 0.145. The first kappa shape index (κ1) is 44.3. The molecule has 3 rings (SSSR count). The van der Waals surface area contributed by atoms with E-state index in [-0.39, 0.29) is 12.5 Å². The van der Waals surface area contributed by atoms with E-state index >= 15 is 0 Å². The minimum atomic E-state index is -1.73. The summed E-state index contributed by atoms with van der Waals surface area (Å²) in [6, 6.07) is 8.41. The van der Waals surface area contributed by atoms with Crippen LogP contribution < -0.4 is 37.6 Å². The van der Waals surface area contributed by atoms with Gasteiger partial charge in [-0.2, -0.15) is 0 Å². The lowest BCUT2D eigenvalue weighted by atomic mass is 9.98. The van der Waals surface area contributed by atoms with Crippen LogP contribution in [0.5, 0.6) is 0 Å². The third-order valence-corrected chi connectivity index (χ3v) is 8.48. The predicted molar refractivity (Wildman–Crippen MR) is 195 cm³/mol. The Bertz CT molecular complexity index is 1860. The lowest BCUT2D eigenvalue weighted by Gasteiger charge is -2.26. The van der Waals surface area contributed by atoms with Crippen molar-refractivity contribution in [1.82, 2.24) is 31.9 Å². The molecule has 0 saturated carbocycles. The molecular weight excluding hydrogens is 754 g/mol. The second kappa shape index (κ2) is 20.6. The van der Waals surface area contributed by atoms with E-state index in [1.54, 1.807) is 0 Å². The van der Waals surface area contributed by atoms with E-state index in [4.69, 9.17) is 20.7 Å². The Kier molecular flexibility index (Phi) is 16.0. The maximum absolute atomic E-state index is 13.4. The zero-order valence-electron chi connectivity index (χ0n) is 30.7. The van der Waals surface area contributed by atoms with Crippen molar-refractivity contribution in [2.75, 3.05) is 19.7 Å². The number of benzene rings is 2. The van der Waals surface area contributed by atoms with Crippen LogP contribution in [-0.4, -0.2) is 119 Å². The first-order valence-corrected chi connectivity index (χ1v) is 17.4. The molecule has 0 heterocycles. The largest absolute Gasteiger partial charge is 0.481 e. The lowest BCUT2D eigenvalue weighted by Crippen LogP contribution is -2.59. The number of carboxylic acid groups (broad SMARTS) is 3. The highest BCUT2D eigenvalue weighted by Crippen LogP contribution is 2.44. The van der Waals surface area contributed by atoms with Gasteiger partial charge < -0.3 is 57.7 Å². The molecule has 4 atom stereocenters. The van der Waals surface area contributed by atoms with Crippen LogP contribution in [0.1, 0.15) is 50.2 Å². The number of carbonyl (C=O) groups is 10. The average molecular weight is 798 g/mol. The number of nitrogens with two attached hydrogens (primary N) is 1. The fourth-order valence-corrected chi connectivity index (χ4v) is 5.83. The summed E-state index contributed by atoms with van der Waals surface area (Å²) in [6.07, 6.45) is -3.77. The topological polar surface area (TPSA) is 339 Å². The maximum Gasteiger partial charge on any atom is 0.407 e. The molecular formula is C36H43N7O14. The number of carbonyl (C=O) groups excluding carboxylic acids is 7. The van der Waals surface area contributed by atoms with Gasteiger partial charge in [0.25, 0.3) is 0 Å². The third-order valence-electron chi connectivity index (χ3n) is 8.48. The van der Waals surface area contributed by atoms with Crippen LogP contribution in [0.15, 0.2) is 48.5 Å². The number of rotatable bonds is 21. The molecule has 21 heteroatoms. The summed E-state index contributed by atoms with van der Waals surface area (Å²) >= 11 is 0. The van der Waals surface area contributed by atoms with Gasteiger partial charge in [0.15, 0.2) is 0 Å². The van der Waals surface area contributed by atoms with Crippen molar-refractivity contribution < 1.29 is 68.0 Å². The highest BCUT2D eigenvalue weighted by atomic mass is 16.5. The lowest BCUT2D eigenvalue weighted by molar-refractivity contribution is -0.141. The number of alkyl carbamates (subject to hydrolysis) is 1. The highest BCUT2D eigenvalue weighted by Gasteiger charge is 2.34. The molecule has 2 aromatic rings. The van der Waals surface area contributed by atoms with Crippen LogP contribution in [-0.2, 0) is 47.9 Å². The SMILES string of the molecule is CC(C)C(NC(=O)C(CC(=O)O)NC(=O)OCC1c2ccccc2-c2ccccc21)C(=O)NC(CC(N)=O)C(=O)NCC(=O)NC(CC(=O)O)C(=O)NCC(=O)O. The van der Waals surface area contributed by atoms with Gasteiger partial charge in [0, 0.05) is 5.92 Å². The normalized spacial score (nSPS) is 13.6. The van der Waals surface area contributed by atoms with E-state index in [1.807, 2.05) is 59.2 Å². The quantitative estimate of drug-likeness (QED) is 0.0663. The Labute approximate surface area is 324 Å². The molecule has 7 amide bonds. The summed E-state index contributed by atoms with van der Waals surface area (Å²) in [5.74, 6) is -12.1. The predicted octanol–water partition coefficient (Wildman–Crippen LogP) is -1.85. The summed E-state index contributed by atoms with van der Waals surface area (Å²) in [4.78, 5) is 123. The minimum Gasteiger partial charge on any atom is -0.481 e. The van der Waals surface area contributed by atoms with E-state index < -0.39 is 122 Å². The van der Waals surface area contributed by atoms with Gasteiger partial charge in [-0.25, -0.2) is 4.79 Å². The summed E-state index contributed by atoms with van der Waals surface area (Å²) in [7, 11) is 0. The van der Waals surface area contributed by atoms with Crippen molar-refractivity contribution in [2.24, 2.45) is 11.7 Å². The molecule has 0 radical (unpaired) electrons. The molecule has 0 aliphatic heterocycles. The van der Waals surface area contributed by atoms with E-state index in [0.717, 1.165) is 22.3 Å². The number of fused-ring (bicyclic) bond motifs is 3. The number of primary amides is 1. The smallest absolute Gasteiger partial charge is 0.407 e. The van der Waals surface area contributed by atoms with Gasteiger partial charge in [-0.1, -0.05) is 62.4 Å². The van der Waals surface area contributed by atoms with Crippen LogP contribution in [0.2, 0.25) is 0 Å². The number of aliphatic carboxylic acids is 3. The number of amides is 7. The zero-order valence-corrected chi connectivity index (χ0v) is 30.7. The van der Waals surface area contributed by atoms with Crippen molar-refractivity contribution in [2.45, 2.75) is 63.2 Å². The van der Waals surface area contributed by atoms with Crippen LogP contribution in [0.4, 0.5) is 4.79 Å². The van der Waals surface area contributed by atoms with Gasteiger partial charge in [0.05, 0.1) is 25.8 Å². The van der Waals surface area contributed by atoms with Gasteiger partial charge in [0.1, 0.15) is 37.3 Å². The van der Waals surface area contributed by atoms with E-state index in [1.165, 1.54) is 13.8 Å². The van der Waals surface area contributed by atoms with Crippen molar-refractivity contribution in [3.05, 3.63) is 59.7 Å². The zero-order chi connectivity index (χ0) is 42.4. The van der Waals surface area contributed by atoms with E-state index in [9.17, 15) is 53.1 Å². The molecule has 0 saturated heterocycles. The monoisotopic (exact) mass is 797 g/mol.